The number of benzene rings is 1. The number of aromatic amines is 1. The van der Waals surface area contributed by atoms with Crippen LogP contribution in [0, 0.1) is 6.92 Å². The fourth-order valence-electron chi connectivity index (χ4n) is 2.87. The summed E-state index contributed by atoms with van der Waals surface area (Å²) >= 11 is 0. The van der Waals surface area contributed by atoms with Gasteiger partial charge in [-0.2, -0.15) is 0 Å². The van der Waals surface area contributed by atoms with E-state index < -0.39 is 0 Å². The second-order valence-corrected chi connectivity index (χ2v) is 5.62. The van der Waals surface area contributed by atoms with Crippen molar-refractivity contribution in [2.45, 2.75) is 32.4 Å². The highest BCUT2D eigenvalue weighted by Crippen LogP contribution is 2.14. The summed E-state index contributed by atoms with van der Waals surface area (Å²) in [6.45, 7) is 4.53. The van der Waals surface area contributed by atoms with Crippen LogP contribution in [0.25, 0.3) is 10.9 Å². The van der Waals surface area contributed by atoms with Crippen molar-refractivity contribution in [2.24, 2.45) is 5.73 Å². The molecule has 5 heteroatoms. The van der Waals surface area contributed by atoms with Gasteiger partial charge in [-0.1, -0.05) is 12.1 Å². The van der Waals surface area contributed by atoms with Crippen molar-refractivity contribution in [1.82, 2.24) is 14.9 Å². The van der Waals surface area contributed by atoms with Gasteiger partial charge in [-0.15, -0.1) is 0 Å². The van der Waals surface area contributed by atoms with Gasteiger partial charge >= 0.3 is 0 Å². The van der Waals surface area contributed by atoms with Crippen molar-refractivity contribution >= 4 is 10.9 Å². The van der Waals surface area contributed by atoms with Crippen LogP contribution in [0.2, 0.25) is 0 Å². The predicted molar refractivity (Wildman–Crippen MR) is 79.6 cm³/mol. The number of hydrogen-bond donors (Lipinski definition) is 2. The number of nitrogens with zero attached hydrogens (tertiary/aromatic N) is 2. The molecule has 20 heavy (non-hydrogen) atoms. The first kappa shape index (κ1) is 13.3. The lowest BCUT2D eigenvalue weighted by molar-refractivity contribution is 0.197. The lowest BCUT2D eigenvalue weighted by atomic mass is 10.1. The summed E-state index contributed by atoms with van der Waals surface area (Å²) in [5.74, 6) is 0.728. The monoisotopic (exact) mass is 272 g/mol. The molecule has 2 heterocycles. The van der Waals surface area contributed by atoms with Gasteiger partial charge in [-0.3, -0.25) is 9.69 Å². The molecule has 1 aliphatic heterocycles. The number of aromatic nitrogens is 2. The molecule has 2 aromatic rings. The van der Waals surface area contributed by atoms with Crippen LogP contribution < -0.4 is 11.3 Å². The summed E-state index contributed by atoms with van der Waals surface area (Å²) in [6, 6.07) is 5.92. The van der Waals surface area contributed by atoms with Crippen LogP contribution in [0.3, 0.4) is 0 Å². The van der Waals surface area contributed by atoms with E-state index >= 15 is 0 Å². The van der Waals surface area contributed by atoms with E-state index in [0.29, 0.717) is 11.9 Å². The Bertz CT molecular complexity index is 679. The topological polar surface area (TPSA) is 75.0 Å². The standard InChI is InChI=1S/C15H20N4O/c1-10-4-2-6-12-14(10)17-13(18-15(12)20)9-19-7-3-5-11(16)8-19/h2,4,6,11H,3,5,7-9,16H2,1H3,(H,17,18,20)/t11-/m1/s1. The van der Waals surface area contributed by atoms with E-state index in [4.69, 9.17) is 5.73 Å². The van der Waals surface area contributed by atoms with Crippen LogP contribution in [0.4, 0.5) is 0 Å². The molecule has 0 aliphatic carbocycles. The van der Waals surface area contributed by atoms with Crippen molar-refractivity contribution in [3.8, 4) is 0 Å². The van der Waals surface area contributed by atoms with Crippen molar-refractivity contribution in [1.29, 1.82) is 0 Å². The minimum Gasteiger partial charge on any atom is -0.327 e. The molecular weight excluding hydrogens is 252 g/mol. The van der Waals surface area contributed by atoms with Crippen molar-refractivity contribution in [2.75, 3.05) is 13.1 Å². The average molecular weight is 272 g/mol. The van der Waals surface area contributed by atoms with E-state index in [1.54, 1.807) is 0 Å². The molecule has 0 spiro atoms. The maximum atomic E-state index is 12.1. The molecule has 3 N–H and O–H groups in total. The zero-order valence-corrected chi connectivity index (χ0v) is 11.7. The third-order valence-electron chi connectivity index (χ3n) is 3.90. The normalized spacial score (nSPS) is 20.4. The SMILES string of the molecule is Cc1cccc2c(=O)[nH]c(CN3CCC[C@@H](N)C3)nc12. The zero-order chi connectivity index (χ0) is 14.1. The minimum atomic E-state index is -0.0602. The van der Waals surface area contributed by atoms with Gasteiger partial charge in [0.25, 0.3) is 5.56 Å². The van der Waals surface area contributed by atoms with E-state index in [9.17, 15) is 4.79 Å². The number of nitrogens with two attached hydrogens (primary N) is 1. The van der Waals surface area contributed by atoms with Gasteiger partial charge in [-0.25, -0.2) is 4.98 Å². The lowest BCUT2D eigenvalue weighted by Crippen LogP contribution is -2.42. The van der Waals surface area contributed by atoms with Crippen LogP contribution in [0.5, 0.6) is 0 Å². The molecule has 0 saturated carbocycles. The first-order chi connectivity index (χ1) is 9.63. The maximum absolute atomic E-state index is 12.1. The van der Waals surface area contributed by atoms with Crippen LogP contribution in [-0.2, 0) is 6.54 Å². The van der Waals surface area contributed by atoms with Crippen LogP contribution in [-0.4, -0.2) is 34.0 Å². The molecule has 1 fully saturated rings. The highest BCUT2D eigenvalue weighted by Gasteiger charge is 2.17. The molecule has 0 radical (unpaired) electrons. The zero-order valence-electron chi connectivity index (χ0n) is 11.7. The number of fused-ring (bicyclic) bond motifs is 1. The Hall–Kier alpha value is -1.72. The summed E-state index contributed by atoms with van der Waals surface area (Å²) in [6.07, 6.45) is 2.19. The first-order valence-electron chi connectivity index (χ1n) is 7.10. The number of likely N-dealkylation sites (tertiary alicyclic amines) is 1. The van der Waals surface area contributed by atoms with E-state index in [1.807, 2.05) is 25.1 Å². The van der Waals surface area contributed by atoms with Crippen LogP contribution in [0.15, 0.2) is 23.0 Å². The third-order valence-corrected chi connectivity index (χ3v) is 3.90. The molecule has 1 aromatic carbocycles. The molecule has 1 aliphatic rings. The predicted octanol–water partition coefficient (Wildman–Crippen LogP) is 1.15. The molecule has 3 rings (SSSR count). The molecular formula is C15H20N4O. The maximum Gasteiger partial charge on any atom is 0.258 e. The van der Waals surface area contributed by atoms with Crippen molar-refractivity contribution in [3.05, 3.63) is 39.9 Å². The summed E-state index contributed by atoms with van der Waals surface area (Å²) in [5.41, 5.74) is 7.76. The summed E-state index contributed by atoms with van der Waals surface area (Å²) in [5, 5.41) is 0.657. The Morgan fingerprint density at radius 1 is 1.50 bits per heavy atom. The Balaban J connectivity index is 1.92. The molecule has 1 aromatic heterocycles. The molecule has 0 amide bonds. The quantitative estimate of drug-likeness (QED) is 0.860. The molecule has 106 valence electrons. The first-order valence-corrected chi connectivity index (χ1v) is 7.10. The number of aryl methyl sites for hydroxylation is 1. The van der Waals surface area contributed by atoms with Gasteiger partial charge in [0.05, 0.1) is 17.4 Å². The van der Waals surface area contributed by atoms with Crippen molar-refractivity contribution in [3.63, 3.8) is 0 Å². The Labute approximate surface area is 117 Å². The van der Waals surface area contributed by atoms with Gasteiger partial charge in [0.1, 0.15) is 5.82 Å². The van der Waals surface area contributed by atoms with Crippen molar-refractivity contribution < 1.29 is 0 Å². The second-order valence-electron chi connectivity index (χ2n) is 5.62. The van der Waals surface area contributed by atoms with Gasteiger partial charge in [-0.05, 0) is 37.9 Å². The van der Waals surface area contributed by atoms with Gasteiger partial charge in [0.2, 0.25) is 0 Å². The third kappa shape index (κ3) is 2.59. The van der Waals surface area contributed by atoms with E-state index in [2.05, 4.69) is 14.9 Å². The molecule has 1 saturated heterocycles. The lowest BCUT2D eigenvalue weighted by Gasteiger charge is -2.30. The summed E-state index contributed by atoms with van der Waals surface area (Å²) in [4.78, 5) is 21.9. The summed E-state index contributed by atoms with van der Waals surface area (Å²) in [7, 11) is 0. The van der Waals surface area contributed by atoms with Gasteiger partial charge in [0.15, 0.2) is 0 Å². The smallest absolute Gasteiger partial charge is 0.258 e. The van der Waals surface area contributed by atoms with Crippen LogP contribution in [0.1, 0.15) is 24.2 Å². The van der Waals surface area contributed by atoms with Gasteiger partial charge < -0.3 is 10.7 Å². The Morgan fingerprint density at radius 3 is 3.15 bits per heavy atom. The highest BCUT2D eigenvalue weighted by molar-refractivity contribution is 5.80. The molecule has 5 nitrogen and oxygen atoms in total. The second kappa shape index (κ2) is 5.34. The number of rotatable bonds is 2. The number of H-pyrrole nitrogens is 1. The largest absolute Gasteiger partial charge is 0.327 e. The minimum absolute atomic E-state index is 0.0602. The van der Waals surface area contributed by atoms with Crippen LogP contribution >= 0.6 is 0 Å². The molecule has 1 atom stereocenters. The number of nitrogens with one attached hydrogen (secondary N) is 1. The van der Waals surface area contributed by atoms with Gasteiger partial charge in [0, 0.05) is 12.6 Å². The highest BCUT2D eigenvalue weighted by atomic mass is 16.1. The average Bonchev–Trinajstić information content (AvgIpc) is 2.40. The fourth-order valence-corrected chi connectivity index (χ4v) is 2.87. The van der Waals surface area contributed by atoms with E-state index in [1.165, 1.54) is 0 Å². The van der Waals surface area contributed by atoms with E-state index in [0.717, 1.165) is 42.8 Å². The Kier molecular flexibility index (Phi) is 3.54. The van der Waals surface area contributed by atoms with E-state index in [-0.39, 0.29) is 11.6 Å². The number of para-hydroxylation sites is 1. The Morgan fingerprint density at radius 2 is 2.35 bits per heavy atom. The number of piperidine rings is 1. The fraction of sp³-hybridized carbons (Fsp3) is 0.467. The molecule has 0 bridgehead atoms. The number of hydrogen-bond acceptors (Lipinski definition) is 4. The summed E-state index contributed by atoms with van der Waals surface area (Å²) < 4.78 is 0. The molecule has 0 unspecified atom stereocenters.